The summed E-state index contributed by atoms with van der Waals surface area (Å²) < 4.78 is 11.5. The topological polar surface area (TPSA) is 161 Å². The van der Waals surface area contributed by atoms with Gasteiger partial charge in [0.15, 0.2) is 5.76 Å². The highest BCUT2D eigenvalue weighted by Gasteiger charge is 2.22. The van der Waals surface area contributed by atoms with Crippen molar-refractivity contribution in [3.05, 3.63) is 75.9 Å². The maximum absolute atomic E-state index is 13.2. The number of fused-ring (bicyclic) bond motifs is 1. The van der Waals surface area contributed by atoms with Gasteiger partial charge < -0.3 is 39.8 Å². The van der Waals surface area contributed by atoms with E-state index in [9.17, 15) is 30.3 Å². The van der Waals surface area contributed by atoms with Crippen molar-refractivity contribution in [2.75, 3.05) is 13.2 Å². The van der Waals surface area contributed by atoms with E-state index >= 15 is 0 Å². The second-order valence-electron chi connectivity index (χ2n) is 8.40. The molecule has 1 unspecified atom stereocenters. The van der Waals surface area contributed by atoms with Crippen LogP contribution in [0, 0.1) is 0 Å². The smallest absolute Gasteiger partial charge is 0.238 e. The summed E-state index contributed by atoms with van der Waals surface area (Å²) in [6, 6.07) is 13.4. The monoisotopic (exact) mass is 494 g/mol. The minimum Gasteiger partial charge on any atom is -0.508 e. The number of hydrogen-bond donors (Lipinski definition) is 6. The van der Waals surface area contributed by atoms with E-state index < -0.39 is 17.3 Å². The second-order valence-corrected chi connectivity index (χ2v) is 8.40. The van der Waals surface area contributed by atoms with Crippen LogP contribution >= 0.6 is 0 Å². The standard InChI is InChI=1S/C27H26O9/c28-8-2-5-20(14-29)35-22-12-19(31)13-23-24(22)25(33)26(34)27(36-23)16-6-7-21(32)17(11-16)9-15-3-1-4-18(30)10-15/h1,3-4,6-7,10-13,20,28-32,34H,2,5,8-9,14H2. The van der Waals surface area contributed by atoms with E-state index in [-0.39, 0.29) is 59.4 Å². The van der Waals surface area contributed by atoms with Crippen LogP contribution in [0.2, 0.25) is 0 Å². The fourth-order valence-corrected chi connectivity index (χ4v) is 3.99. The zero-order valence-corrected chi connectivity index (χ0v) is 19.2. The third-order valence-electron chi connectivity index (χ3n) is 5.75. The zero-order chi connectivity index (χ0) is 25.8. The predicted octanol–water partition coefficient (Wildman–Crippen LogP) is 3.39. The minimum atomic E-state index is -0.803. The molecule has 4 aromatic rings. The van der Waals surface area contributed by atoms with Gasteiger partial charge in [-0.05, 0) is 54.3 Å². The van der Waals surface area contributed by atoms with Crippen molar-refractivity contribution in [1.82, 2.24) is 0 Å². The molecule has 1 heterocycles. The van der Waals surface area contributed by atoms with Crippen LogP contribution in [0.4, 0.5) is 0 Å². The number of benzene rings is 3. The predicted molar refractivity (Wildman–Crippen MR) is 132 cm³/mol. The summed E-state index contributed by atoms with van der Waals surface area (Å²) in [5.41, 5.74) is 0.654. The molecule has 0 spiro atoms. The molecule has 9 nitrogen and oxygen atoms in total. The number of aliphatic hydroxyl groups excluding tert-OH is 2. The van der Waals surface area contributed by atoms with Crippen molar-refractivity contribution in [3.8, 4) is 40.1 Å². The van der Waals surface area contributed by atoms with Crippen molar-refractivity contribution >= 4 is 11.0 Å². The van der Waals surface area contributed by atoms with E-state index in [1.165, 1.54) is 30.3 Å². The minimum absolute atomic E-state index is 0.0176. The maximum Gasteiger partial charge on any atom is 0.238 e. The molecule has 0 saturated heterocycles. The summed E-state index contributed by atoms with van der Waals surface area (Å²) in [4.78, 5) is 13.2. The highest BCUT2D eigenvalue weighted by molar-refractivity contribution is 5.88. The summed E-state index contributed by atoms with van der Waals surface area (Å²) in [5, 5.41) is 59.5. The van der Waals surface area contributed by atoms with Gasteiger partial charge in [0, 0.05) is 30.7 Å². The summed E-state index contributed by atoms with van der Waals surface area (Å²) >= 11 is 0. The third-order valence-corrected chi connectivity index (χ3v) is 5.75. The van der Waals surface area contributed by atoms with Crippen molar-refractivity contribution < 1.29 is 39.8 Å². The Morgan fingerprint density at radius 1 is 0.917 bits per heavy atom. The average Bonchev–Trinajstić information content (AvgIpc) is 2.85. The number of phenols is 3. The van der Waals surface area contributed by atoms with E-state index in [4.69, 9.17) is 14.3 Å². The van der Waals surface area contributed by atoms with E-state index in [1.807, 2.05) is 0 Å². The molecule has 0 radical (unpaired) electrons. The summed E-state index contributed by atoms with van der Waals surface area (Å²) in [6.07, 6.45) is 0.176. The number of rotatable bonds is 9. The molecular weight excluding hydrogens is 468 g/mol. The lowest BCUT2D eigenvalue weighted by molar-refractivity contribution is 0.102. The lowest BCUT2D eigenvalue weighted by Gasteiger charge is -2.18. The van der Waals surface area contributed by atoms with E-state index in [1.54, 1.807) is 24.3 Å². The van der Waals surface area contributed by atoms with Crippen LogP contribution in [0.1, 0.15) is 24.0 Å². The summed E-state index contributed by atoms with van der Waals surface area (Å²) in [6.45, 7) is -0.491. The number of hydrogen-bond acceptors (Lipinski definition) is 9. The Morgan fingerprint density at radius 3 is 2.44 bits per heavy atom. The van der Waals surface area contributed by atoms with Crippen molar-refractivity contribution in [3.63, 3.8) is 0 Å². The largest absolute Gasteiger partial charge is 0.508 e. The number of ether oxygens (including phenoxy) is 1. The molecular formula is C27H26O9. The van der Waals surface area contributed by atoms with E-state index in [0.717, 1.165) is 5.56 Å². The highest BCUT2D eigenvalue weighted by atomic mass is 16.5. The molecule has 0 aliphatic rings. The molecule has 1 atom stereocenters. The summed E-state index contributed by atoms with van der Waals surface area (Å²) in [5.74, 6) is -1.13. The Kier molecular flexibility index (Phi) is 7.33. The first kappa shape index (κ1) is 24.9. The maximum atomic E-state index is 13.2. The van der Waals surface area contributed by atoms with Gasteiger partial charge in [0.05, 0.1) is 6.61 Å². The van der Waals surface area contributed by atoms with Gasteiger partial charge in [0.25, 0.3) is 0 Å². The van der Waals surface area contributed by atoms with E-state index in [2.05, 4.69) is 0 Å². The molecule has 6 N–H and O–H groups in total. The molecule has 188 valence electrons. The van der Waals surface area contributed by atoms with E-state index in [0.29, 0.717) is 24.0 Å². The van der Waals surface area contributed by atoms with Crippen LogP contribution in [0.5, 0.6) is 28.7 Å². The lowest BCUT2D eigenvalue weighted by Crippen LogP contribution is -2.22. The molecule has 3 aromatic carbocycles. The Bertz CT molecular complexity index is 1440. The first-order valence-electron chi connectivity index (χ1n) is 11.3. The van der Waals surface area contributed by atoms with Gasteiger partial charge in [-0.2, -0.15) is 0 Å². The van der Waals surface area contributed by atoms with Crippen molar-refractivity contribution in [2.24, 2.45) is 0 Å². The van der Waals surface area contributed by atoms with Gasteiger partial charge in [0.1, 0.15) is 40.1 Å². The first-order valence-corrected chi connectivity index (χ1v) is 11.3. The second kappa shape index (κ2) is 10.6. The van der Waals surface area contributed by atoms with Crippen LogP contribution in [-0.4, -0.2) is 50.0 Å². The Hall–Kier alpha value is -4.21. The molecule has 0 amide bonds. The highest BCUT2D eigenvalue weighted by Crippen LogP contribution is 2.37. The van der Waals surface area contributed by atoms with Crippen LogP contribution in [0.15, 0.2) is 63.8 Å². The van der Waals surface area contributed by atoms with Gasteiger partial charge in [0.2, 0.25) is 11.2 Å². The molecule has 0 fully saturated rings. The van der Waals surface area contributed by atoms with Gasteiger partial charge >= 0.3 is 0 Å². The van der Waals surface area contributed by atoms with Crippen molar-refractivity contribution in [2.45, 2.75) is 25.4 Å². The third kappa shape index (κ3) is 5.22. The quantitative estimate of drug-likeness (QED) is 0.205. The fraction of sp³-hybridized carbons (Fsp3) is 0.222. The van der Waals surface area contributed by atoms with Crippen molar-refractivity contribution in [1.29, 1.82) is 0 Å². The van der Waals surface area contributed by atoms with Gasteiger partial charge in [-0.3, -0.25) is 4.79 Å². The number of aromatic hydroxyl groups is 4. The Morgan fingerprint density at radius 2 is 1.72 bits per heavy atom. The van der Waals surface area contributed by atoms with Crippen LogP contribution in [0.3, 0.4) is 0 Å². The van der Waals surface area contributed by atoms with Crippen LogP contribution < -0.4 is 10.2 Å². The lowest BCUT2D eigenvalue weighted by atomic mass is 10.00. The van der Waals surface area contributed by atoms with Gasteiger partial charge in [-0.1, -0.05) is 12.1 Å². The van der Waals surface area contributed by atoms with Gasteiger partial charge in [-0.15, -0.1) is 0 Å². The molecule has 0 aliphatic heterocycles. The zero-order valence-electron chi connectivity index (χ0n) is 19.2. The molecule has 0 aliphatic carbocycles. The van der Waals surface area contributed by atoms with Gasteiger partial charge in [-0.25, -0.2) is 0 Å². The average molecular weight is 494 g/mol. The molecule has 0 saturated carbocycles. The van der Waals surface area contributed by atoms with Crippen LogP contribution in [0.25, 0.3) is 22.3 Å². The first-order chi connectivity index (χ1) is 17.3. The van der Waals surface area contributed by atoms with Crippen LogP contribution in [-0.2, 0) is 6.42 Å². The molecule has 4 rings (SSSR count). The number of phenolic OH excluding ortho intramolecular Hbond substituents is 3. The Labute approximate surface area is 205 Å². The number of aliphatic hydroxyl groups is 2. The normalized spacial score (nSPS) is 12.1. The summed E-state index contributed by atoms with van der Waals surface area (Å²) in [7, 11) is 0. The SMILES string of the molecule is O=c1c(O)c(-c2ccc(O)c(Cc3cccc(O)c3)c2)oc2cc(O)cc(OC(CO)CCCO)c12. The molecule has 0 bridgehead atoms. The molecule has 9 heteroatoms. The Balaban J connectivity index is 1.78. The molecule has 1 aromatic heterocycles. The fourth-order valence-electron chi connectivity index (χ4n) is 3.99. The molecule has 36 heavy (non-hydrogen) atoms.